The van der Waals surface area contributed by atoms with Crippen LogP contribution in [0.15, 0.2) is 47.4 Å². The number of hydrogen-bond donors (Lipinski definition) is 0. The standard InChI is InChI=1S/C22H24ClN3O5S/c1-2-8-26-20-7-6-18(32(28,29)25-9-11-30-12-10-25)14-19(20)24-21(26)15-31-22(27)16-4-3-5-17(23)13-16/h3-7,13-14H,2,8-12,15H2,1H3. The van der Waals surface area contributed by atoms with E-state index in [2.05, 4.69) is 4.98 Å². The minimum Gasteiger partial charge on any atom is -0.454 e. The Morgan fingerprint density at radius 1 is 1.19 bits per heavy atom. The number of carbonyl (C=O) groups excluding carboxylic acids is 1. The lowest BCUT2D eigenvalue weighted by atomic mass is 10.2. The van der Waals surface area contributed by atoms with Crippen molar-refractivity contribution >= 4 is 38.6 Å². The monoisotopic (exact) mass is 477 g/mol. The Labute approximate surface area is 191 Å². The first-order valence-electron chi connectivity index (χ1n) is 10.4. The molecule has 170 valence electrons. The zero-order chi connectivity index (χ0) is 22.7. The van der Waals surface area contributed by atoms with E-state index in [0.717, 1.165) is 11.9 Å². The summed E-state index contributed by atoms with van der Waals surface area (Å²) in [4.78, 5) is 17.2. The number of morpholine rings is 1. The van der Waals surface area contributed by atoms with E-state index in [9.17, 15) is 13.2 Å². The van der Waals surface area contributed by atoms with Crippen LogP contribution in [-0.2, 0) is 32.6 Å². The molecule has 1 fully saturated rings. The fourth-order valence-corrected chi connectivity index (χ4v) is 5.29. The fraction of sp³-hybridized carbons (Fsp3) is 0.364. The molecule has 3 aromatic rings. The number of esters is 1. The van der Waals surface area contributed by atoms with Gasteiger partial charge in [-0.2, -0.15) is 4.31 Å². The summed E-state index contributed by atoms with van der Waals surface area (Å²) in [5, 5.41) is 0.451. The average Bonchev–Trinajstić information content (AvgIpc) is 3.15. The normalized spacial score (nSPS) is 15.2. The predicted octanol–water partition coefficient (Wildman–Crippen LogP) is 3.48. The Balaban J connectivity index is 1.61. The average molecular weight is 478 g/mol. The number of sulfonamides is 1. The molecule has 0 amide bonds. The minimum atomic E-state index is -3.63. The van der Waals surface area contributed by atoms with Crippen molar-refractivity contribution in [2.75, 3.05) is 26.3 Å². The molecule has 32 heavy (non-hydrogen) atoms. The number of ether oxygens (including phenoxy) is 2. The fourth-order valence-electron chi connectivity index (χ4n) is 3.67. The maximum absolute atomic E-state index is 13.0. The molecule has 0 spiro atoms. The molecule has 2 heterocycles. The number of fused-ring (bicyclic) bond motifs is 1. The molecule has 0 radical (unpaired) electrons. The van der Waals surface area contributed by atoms with Crippen LogP contribution in [-0.4, -0.2) is 54.5 Å². The number of imidazole rings is 1. The minimum absolute atomic E-state index is 0.0361. The van der Waals surface area contributed by atoms with Crippen LogP contribution in [0.25, 0.3) is 11.0 Å². The van der Waals surface area contributed by atoms with Gasteiger partial charge in [-0.15, -0.1) is 0 Å². The maximum Gasteiger partial charge on any atom is 0.338 e. The van der Waals surface area contributed by atoms with Crippen molar-refractivity contribution in [3.63, 3.8) is 0 Å². The van der Waals surface area contributed by atoms with Gasteiger partial charge in [0.2, 0.25) is 10.0 Å². The van der Waals surface area contributed by atoms with E-state index < -0.39 is 16.0 Å². The van der Waals surface area contributed by atoms with Gasteiger partial charge in [0.25, 0.3) is 0 Å². The van der Waals surface area contributed by atoms with E-state index in [0.29, 0.717) is 54.8 Å². The molecule has 0 bridgehead atoms. The van der Waals surface area contributed by atoms with Crippen molar-refractivity contribution in [3.8, 4) is 0 Å². The van der Waals surface area contributed by atoms with E-state index in [1.54, 1.807) is 42.5 Å². The number of halogens is 1. The van der Waals surface area contributed by atoms with Crippen molar-refractivity contribution < 1.29 is 22.7 Å². The molecule has 2 aromatic carbocycles. The van der Waals surface area contributed by atoms with Gasteiger partial charge in [-0.25, -0.2) is 18.2 Å². The number of rotatable bonds is 7. The van der Waals surface area contributed by atoms with Crippen LogP contribution in [0.4, 0.5) is 0 Å². The molecule has 1 aliphatic rings. The van der Waals surface area contributed by atoms with Gasteiger partial charge in [-0.1, -0.05) is 24.6 Å². The lowest BCUT2D eigenvalue weighted by Crippen LogP contribution is -2.40. The molecule has 0 saturated carbocycles. The number of carbonyl (C=O) groups is 1. The highest BCUT2D eigenvalue weighted by Crippen LogP contribution is 2.24. The molecule has 0 unspecified atom stereocenters. The van der Waals surface area contributed by atoms with E-state index in [4.69, 9.17) is 21.1 Å². The molecule has 8 nitrogen and oxygen atoms in total. The molecule has 0 aliphatic carbocycles. The summed E-state index contributed by atoms with van der Waals surface area (Å²) in [6.07, 6.45) is 0.842. The third-order valence-corrected chi connectivity index (χ3v) is 7.38. The van der Waals surface area contributed by atoms with E-state index in [1.807, 2.05) is 11.5 Å². The van der Waals surface area contributed by atoms with Gasteiger partial charge in [0, 0.05) is 24.7 Å². The van der Waals surface area contributed by atoms with Gasteiger partial charge in [0.05, 0.1) is 34.7 Å². The molecular formula is C22H24ClN3O5S. The van der Waals surface area contributed by atoms with Crippen molar-refractivity contribution in [2.24, 2.45) is 0 Å². The SMILES string of the molecule is CCCn1c(COC(=O)c2cccc(Cl)c2)nc2cc(S(=O)(=O)N3CCOCC3)ccc21. The van der Waals surface area contributed by atoms with Crippen LogP contribution in [0.5, 0.6) is 0 Å². The number of hydrogen-bond acceptors (Lipinski definition) is 6. The Bertz CT molecular complexity index is 1240. The first-order valence-corrected chi connectivity index (χ1v) is 12.2. The summed E-state index contributed by atoms with van der Waals surface area (Å²) in [5.74, 6) is 0.0522. The van der Waals surface area contributed by atoms with E-state index >= 15 is 0 Å². The van der Waals surface area contributed by atoms with Gasteiger partial charge < -0.3 is 14.0 Å². The summed E-state index contributed by atoms with van der Waals surface area (Å²) in [7, 11) is -3.63. The number of nitrogens with zero attached hydrogens (tertiary/aromatic N) is 3. The van der Waals surface area contributed by atoms with Crippen LogP contribution >= 0.6 is 11.6 Å². The van der Waals surface area contributed by atoms with Gasteiger partial charge in [0.15, 0.2) is 0 Å². The Morgan fingerprint density at radius 2 is 1.97 bits per heavy atom. The van der Waals surface area contributed by atoms with E-state index in [1.165, 1.54) is 4.31 Å². The highest BCUT2D eigenvalue weighted by Gasteiger charge is 2.27. The lowest BCUT2D eigenvalue weighted by Gasteiger charge is -2.26. The van der Waals surface area contributed by atoms with Crippen molar-refractivity contribution in [1.82, 2.24) is 13.9 Å². The van der Waals surface area contributed by atoms with E-state index in [-0.39, 0.29) is 11.5 Å². The quantitative estimate of drug-likeness (QED) is 0.484. The smallest absolute Gasteiger partial charge is 0.338 e. The second-order valence-electron chi connectivity index (χ2n) is 7.43. The Kier molecular flexibility index (Phi) is 6.80. The summed E-state index contributed by atoms with van der Waals surface area (Å²) >= 11 is 5.95. The van der Waals surface area contributed by atoms with Gasteiger partial charge >= 0.3 is 5.97 Å². The van der Waals surface area contributed by atoms with Crippen molar-refractivity contribution in [1.29, 1.82) is 0 Å². The van der Waals surface area contributed by atoms with Crippen LogP contribution in [0.3, 0.4) is 0 Å². The first kappa shape index (κ1) is 22.7. The summed E-state index contributed by atoms with van der Waals surface area (Å²) in [6.45, 7) is 4.08. The first-order chi connectivity index (χ1) is 15.4. The van der Waals surface area contributed by atoms with Crippen LogP contribution in [0, 0.1) is 0 Å². The number of benzene rings is 2. The summed E-state index contributed by atoms with van der Waals surface area (Å²) in [5.41, 5.74) is 1.69. The zero-order valence-corrected chi connectivity index (χ0v) is 19.2. The Morgan fingerprint density at radius 3 is 2.69 bits per heavy atom. The molecule has 1 saturated heterocycles. The van der Waals surface area contributed by atoms with Crippen molar-refractivity contribution in [3.05, 3.63) is 58.9 Å². The zero-order valence-electron chi connectivity index (χ0n) is 17.7. The third-order valence-electron chi connectivity index (χ3n) is 5.25. The van der Waals surface area contributed by atoms with Gasteiger partial charge in [-0.05, 0) is 42.8 Å². The summed E-state index contributed by atoms with van der Waals surface area (Å²) < 4.78 is 40.1. The molecule has 1 aromatic heterocycles. The second-order valence-corrected chi connectivity index (χ2v) is 9.81. The molecule has 0 atom stereocenters. The molecule has 4 rings (SSSR count). The predicted molar refractivity (Wildman–Crippen MR) is 120 cm³/mol. The highest BCUT2D eigenvalue weighted by molar-refractivity contribution is 7.89. The highest BCUT2D eigenvalue weighted by atomic mass is 35.5. The molecule has 10 heteroatoms. The molecular weight excluding hydrogens is 454 g/mol. The van der Waals surface area contributed by atoms with Crippen LogP contribution in [0.1, 0.15) is 29.5 Å². The maximum atomic E-state index is 13.0. The lowest BCUT2D eigenvalue weighted by molar-refractivity contribution is 0.0458. The van der Waals surface area contributed by atoms with Gasteiger partial charge in [-0.3, -0.25) is 0 Å². The van der Waals surface area contributed by atoms with Crippen LogP contribution in [0.2, 0.25) is 5.02 Å². The topological polar surface area (TPSA) is 90.7 Å². The van der Waals surface area contributed by atoms with Crippen molar-refractivity contribution in [2.45, 2.75) is 31.4 Å². The second kappa shape index (κ2) is 9.58. The summed E-state index contributed by atoms with van der Waals surface area (Å²) in [6, 6.07) is 11.5. The van der Waals surface area contributed by atoms with Crippen LogP contribution < -0.4 is 0 Å². The number of aromatic nitrogens is 2. The van der Waals surface area contributed by atoms with Gasteiger partial charge in [0.1, 0.15) is 12.4 Å². The number of aryl methyl sites for hydroxylation is 1. The third kappa shape index (κ3) is 4.66. The largest absolute Gasteiger partial charge is 0.454 e. The molecule has 0 N–H and O–H groups in total. The molecule has 1 aliphatic heterocycles. The Hall–Kier alpha value is -2.46.